The fourth-order valence-corrected chi connectivity index (χ4v) is 3.08. The SMILES string of the molecule is CCOC1CC(N)(c2nc(-c3cccc(OC)c3)no2)C1(C)C.Cl. The number of ether oxygens (including phenoxy) is 2. The molecule has 6 nitrogen and oxygen atoms in total. The van der Waals surface area contributed by atoms with Crippen LogP contribution in [0, 0.1) is 5.41 Å². The maximum atomic E-state index is 6.57. The molecule has 2 N–H and O–H groups in total. The lowest BCUT2D eigenvalue weighted by Gasteiger charge is -2.56. The van der Waals surface area contributed by atoms with E-state index in [1.165, 1.54) is 0 Å². The second-order valence-corrected chi connectivity index (χ2v) is 6.50. The van der Waals surface area contributed by atoms with Crippen LogP contribution in [0.15, 0.2) is 28.8 Å². The van der Waals surface area contributed by atoms with Gasteiger partial charge in [-0.1, -0.05) is 31.1 Å². The zero-order valence-electron chi connectivity index (χ0n) is 14.4. The summed E-state index contributed by atoms with van der Waals surface area (Å²) in [6, 6.07) is 7.54. The highest BCUT2D eigenvalue weighted by Crippen LogP contribution is 2.55. The molecule has 0 radical (unpaired) electrons. The largest absolute Gasteiger partial charge is 0.497 e. The normalized spacial score (nSPS) is 24.8. The summed E-state index contributed by atoms with van der Waals surface area (Å²) in [5, 5.41) is 4.08. The molecular weight excluding hydrogens is 330 g/mol. The number of benzene rings is 1. The van der Waals surface area contributed by atoms with Crippen molar-refractivity contribution in [2.45, 2.75) is 38.8 Å². The van der Waals surface area contributed by atoms with Crippen LogP contribution in [0.2, 0.25) is 0 Å². The zero-order chi connectivity index (χ0) is 16.7. The lowest BCUT2D eigenvalue weighted by molar-refractivity contribution is -0.162. The number of halogens is 1. The number of aromatic nitrogens is 2. The van der Waals surface area contributed by atoms with Gasteiger partial charge in [0, 0.05) is 24.0 Å². The lowest BCUT2D eigenvalue weighted by Crippen LogP contribution is -2.67. The van der Waals surface area contributed by atoms with E-state index in [4.69, 9.17) is 19.7 Å². The number of rotatable bonds is 5. The molecule has 2 aromatic rings. The van der Waals surface area contributed by atoms with E-state index in [1.54, 1.807) is 7.11 Å². The molecule has 1 aromatic carbocycles. The van der Waals surface area contributed by atoms with Crippen molar-refractivity contribution in [3.63, 3.8) is 0 Å². The summed E-state index contributed by atoms with van der Waals surface area (Å²) < 4.78 is 16.5. The Labute approximate surface area is 148 Å². The van der Waals surface area contributed by atoms with Gasteiger partial charge in [0.15, 0.2) is 0 Å². The Morgan fingerprint density at radius 2 is 2.12 bits per heavy atom. The number of hydrogen-bond donors (Lipinski definition) is 1. The molecule has 3 rings (SSSR count). The fraction of sp³-hybridized carbons (Fsp3) is 0.529. The van der Waals surface area contributed by atoms with Crippen LogP contribution in [0.3, 0.4) is 0 Å². The van der Waals surface area contributed by atoms with Gasteiger partial charge in [-0.25, -0.2) is 0 Å². The summed E-state index contributed by atoms with van der Waals surface area (Å²) >= 11 is 0. The van der Waals surface area contributed by atoms with Gasteiger partial charge in [-0.15, -0.1) is 12.4 Å². The van der Waals surface area contributed by atoms with Gasteiger partial charge in [0.1, 0.15) is 11.3 Å². The van der Waals surface area contributed by atoms with E-state index >= 15 is 0 Å². The molecule has 0 bridgehead atoms. The van der Waals surface area contributed by atoms with Crippen molar-refractivity contribution in [2.24, 2.45) is 11.1 Å². The molecule has 0 aliphatic heterocycles. The van der Waals surface area contributed by atoms with E-state index in [-0.39, 0.29) is 23.9 Å². The molecule has 1 fully saturated rings. The molecule has 1 saturated carbocycles. The predicted octanol–water partition coefficient (Wildman–Crippen LogP) is 3.16. The first-order chi connectivity index (χ1) is 10.9. The van der Waals surface area contributed by atoms with Gasteiger partial charge in [-0.3, -0.25) is 0 Å². The molecule has 2 atom stereocenters. The van der Waals surface area contributed by atoms with Crippen molar-refractivity contribution < 1.29 is 14.0 Å². The zero-order valence-corrected chi connectivity index (χ0v) is 15.2. The second kappa shape index (κ2) is 6.70. The van der Waals surface area contributed by atoms with Crippen molar-refractivity contribution in [1.29, 1.82) is 0 Å². The van der Waals surface area contributed by atoms with Gasteiger partial charge in [0.05, 0.1) is 13.2 Å². The quantitative estimate of drug-likeness (QED) is 0.888. The van der Waals surface area contributed by atoms with Gasteiger partial charge in [0.2, 0.25) is 11.7 Å². The van der Waals surface area contributed by atoms with Gasteiger partial charge in [-0.05, 0) is 19.1 Å². The molecule has 1 aromatic heterocycles. The monoisotopic (exact) mass is 353 g/mol. The van der Waals surface area contributed by atoms with Crippen LogP contribution < -0.4 is 10.5 Å². The van der Waals surface area contributed by atoms with Crippen molar-refractivity contribution in [3.8, 4) is 17.1 Å². The van der Waals surface area contributed by atoms with Crippen LogP contribution in [-0.4, -0.2) is 30.0 Å². The Bertz CT molecular complexity index is 704. The molecule has 132 valence electrons. The molecule has 0 amide bonds. The van der Waals surface area contributed by atoms with Crippen LogP contribution in [-0.2, 0) is 10.3 Å². The second-order valence-electron chi connectivity index (χ2n) is 6.50. The highest BCUT2D eigenvalue weighted by Gasteiger charge is 2.62. The van der Waals surface area contributed by atoms with Crippen molar-refractivity contribution in [2.75, 3.05) is 13.7 Å². The van der Waals surface area contributed by atoms with E-state index in [1.807, 2.05) is 31.2 Å². The molecule has 2 unspecified atom stereocenters. The number of hydrogen-bond acceptors (Lipinski definition) is 6. The summed E-state index contributed by atoms with van der Waals surface area (Å²) in [5.74, 6) is 1.72. The van der Waals surface area contributed by atoms with Gasteiger partial charge >= 0.3 is 0 Å². The highest BCUT2D eigenvalue weighted by molar-refractivity contribution is 5.85. The average molecular weight is 354 g/mol. The van der Waals surface area contributed by atoms with Gasteiger partial charge in [0.25, 0.3) is 0 Å². The van der Waals surface area contributed by atoms with Gasteiger partial charge in [-0.2, -0.15) is 4.98 Å². The number of nitrogens with zero attached hydrogens (tertiary/aromatic N) is 2. The third-order valence-corrected chi connectivity index (χ3v) is 4.97. The third-order valence-electron chi connectivity index (χ3n) is 4.97. The first kappa shape index (κ1) is 18.7. The Morgan fingerprint density at radius 3 is 2.75 bits per heavy atom. The van der Waals surface area contributed by atoms with Crippen molar-refractivity contribution in [1.82, 2.24) is 10.1 Å². The minimum atomic E-state index is -0.670. The summed E-state index contributed by atoms with van der Waals surface area (Å²) in [6.07, 6.45) is 0.776. The van der Waals surface area contributed by atoms with E-state index in [9.17, 15) is 0 Å². The third kappa shape index (κ3) is 2.79. The lowest BCUT2D eigenvalue weighted by atomic mass is 9.54. The van der Waals surface area contributed by atoms with Crippen LogP contribution >= 0.6 is 12.4 Å². The summed E-state index contributed by atoms with van der Waals surface area (Å²) in [6.45, 7) is 6.81. The Morgan fingerprint density at radius 1 is 1.38 bits per heavy atom. The summed E-state index contributed by atoms with van der Waals surface area (Å²) in [4.78, 5) is 4.53. The maximum Gasteiger partial charge on any atom is 0.247 e. The maximum absolute atomic E-state index is 6.57. The van der Waals surface area contributed by atoms with Crippen LogP contribution in [0.1, 0.15) is 33.1 Å². The number of methoxy groups -OCH3 is 1. The minimum Gasteiger partial charge on any atom is -0.497 e. The molecule has 1 aliphatic rings. The first-order valence-corrected chi connectivity index (χ1v) is 7.81. The average Bonchev–Trinajstić information content (AvgIpc) is 3.05. The van der Waals surface area contributed by atoms with E-state index in [0.29, 0.717) is 24.7 Å². The Kier molecular flexibility index (Phi) is 5.22. The highest BCUT2D eigenvalue weighted by atomic mass is 35.5. The van der Waals surface area contributed by atoms with E-state index < -0.39 is 5.54 Å². The fourth-order valence-electron chi connectivity index (χ4n) is 3.08. The van der Waals surface area contributed by atoms with E-state index in [0.717, 1.165) is 11.3 Å². The van der Waals surface area contributed by atoms with Crippen molar-refractivity contribution in [3.05, 3.63) is 30.2 Å². The van der Waals surface area contributed by atoms with Crippen LogP contribution in [0.5, 0.6) is 5.75 Å². The molecule has 0 spiro atoms. The molecule has 1 heterocycles. The minimum absolute atomic E-state index is 0. The molecule has 0 saturated heterocycles. The standard InChI is InChI=1S/C17H23N3O3.ClH/c1-5-22-13-10-17(18,16(13,2)3)15-19-14(20-23-15)11-7-6-8-12(9-11)21-4;/h6-9,13H,5,10,18H2,1-4H3;1H. The summed E-state index contributed by atoms with van der Waals surface area (Å²) in [7, 11) is 1.63. The molecule has 24 heavy (non-hydrogen) atoms. The first-order valence-electron chi connectivity index (χ1n) is 7.81. The topological polar surface area (TPSA) is 83.4 Å². The van der Waals surface area contributed by atoms with E-state index in [2.05, 4.69) is 24.0 Å². The van der Waals surface area contributed by atoms with Crippen molar-refractivity contribution >= 4 is 12.4 Å². The number of nitrogens with two attached hydrogens (primary N) is 1. The van der Waals surface area contributed by atoms with Crippen LogP contribution in [0.25, 0.3) is 11.4 Å². The predicted molar refractivity (Wildman–Crippen MR) is 93.2 cm³/mol. The Hall–Kier alpha value is -1.63. The van der Waals surface area contributed by atoms with Gasteiger partial charge < -0.3 is 19.7 Å². The summed E-state index contributed by atoms with van der Waals surface area (Å²) in [5.41, 5.74) is 6.47. The molecule has 1 aliphatic carbocycles. The molecule has 7 heteroatoms. The Balaban J connectivity index is 0.00000208. The smallest absolute Gasteiger partial charge is 0.247 e. The van der Waals surface area contributed by atoms with Crippen LogP contribution in [0.4, 0.5) is 0 Å². The molecular formula is C17H24ClN3O3.